The second-order valence-electron chi connectivity index (χ2n) is 6.25. The van der Waals surface area contributed by atoms with Gasteiger partial charge in [-0.25, -0.2) is 13.2 Å². The molecule has 3 rings (SSSR count). The number of nitrogens with one attached hydrogen (secondary N) is 1. The van der Waals surface area contributed by atoms with Gasteiger partial charge in [0.15, 0.2) is 6.61 Å². The second kappa shape index (κ2) is 7.79. The molecule has 0 spiro atoms. The zero-order chi connectivity index (χ0) is 19.4. The number of carbonyl (C=O) groups is 2. The van der Waals surface area contributed by atoms with E-state index in [9.17, 15) is 18.0 Å². The number of hydrogen-bond donors (Lipinski definition) is 1. The average Bonchev–Trinajstić information content (AvgIpc) is 3.50. The van der Waals surface area contributed by atoms with Crippen molar-refractivity contribution >= 4 is 27.6 Å². The van der Waals surface area contributed by atoms with E-state index in [4.69, 9.17) is 4.74 Å². The lowest BCUT2D eigenvalue weighted by Gasteiger charge is -2.19. The van der Waals surface area contributed by atoms with Crippen LogP contribution in [0.5, 0.6) is 0 Å². The third-order valence-electron chi connectivity index (χ3n) is 4.12. The van der Waals surface area contributed by atoms with Gasteiger partial charge in [-0.2, -0.15) is 0 Å². The van der Waals surface area contributed by atoms with Crippen LogP contribution in [0.15, 0.2) is 59.5 Å². The highest BCUT2D eigenvalue weighted by Crippen LogP contribution is 2.22. The first-order chi connectivity index (χ1) is 12.9. The third kappa shape index (κ3) is 4.65. The minimum absolute atomic E-state index is 0.0364. The van der Waals surface area contributed by atoms with Crippen LogP contribution in [0.4, 0.5) is 5.69 Å². The molecular formula is C19H20N2O5S. The SMILES string of the molecule is CN(c1ccccc1)S(=O)(=O)c1cccc(C(=O)OCC(=O)NC2CC2)c1. The standard InChI is InChI=1S/C19H20N2O5S/c1-21(16-7-3-2-4-8-16)27(24,25)17-9-5-6-14(12-17)19(23)26-13-18(22)20-15-10-11-15/h2-9,12,15H,10-11,13H2,1H3,(H,20,22). The molecule has 1 saturated carbocycles. The van der Waals surface area contributed by atoms with Crippen LogP contribution in [0, 0.1) is 0 Å². The van der Waals surface area contributed by atoms with Crippen LogP contribution < -0.4 is 9.62 Å². The van der Waals surface area contributed by atoms with Gasteiger partial charge in [0, 0.05) is 13.1 Å². The fourth-order valence-electron chi connectivity index (χ4n) is 2.43. The molecule has 0 bridgehead atoms. The van der Waals surface area contributed by atoms with E-state index in [1.54, 1.807) is 30.3 Å². The molecule has 2 aromatic rings. The van der Waals surface area contributed by atoms with Crippen molar-refractivity contribution in [3.8, 4) is 0 Å². The summed E-state index contributed by atoms with van der Waals surface area (Å²) in [6.07, 6.45) is 1.88. The number of carbonyl (C=O) groups excluding carboxylic acids is 2. The second-order valence-corrected chi connectivity index (χ2v) is 8.22. The molecule has 2 aromatic carbocycles. The average molecular weight is 388 g/mol. The van der Waals surface area contributed by atoms with Crippen LogP contribution in [0.25, 0.3) is 0 Å². The van der Waals surface area contributed by atoms with E-state index >= 15 is 0 Å². The molecule has 7 nitrogen and oxygen atoms in total. The number of para-hydroxylation sites is 1. The van der Waals surface area contributed by atoms with E-state index < -0.39 is 22.6 Å². The van der Waals surface area contributed by atoms with Crippen LogP contribution in [0.3, 0.4) is 0 Å². The summed E-state index contributed by atoms with van der Waals surface area (Å²) in [5, 5.41) is 2.71. The number of benzene rings is 2. The van der Waals surface area contributed by atoms with E-state index in [-0.39, 0.29) is 22.4 Å². The maximum absolute atomic E-state index is 12.8. The number of amides is 1. The van der Waals surface area contributed by atoms with Crippen molar-refractivity contribution in [3.05, 3.63) is 60.2 Å². The lowest BCUT2D eigenvalue weighted by atomic mass is 10.2. The molecule has 0 aliphatic heterocycles. The Balaban J connectivity index is 1.72. The molecule has 0 heterocycles. The van der Waals surface area contributed by atoms with E-state index in [2.05, 4.69) is 5.32 Å². The van der Waals surface area contributed by atoms with Gasteiger partial charge in [-0.15, -0.1) is 0 Å². The summed E-state index contributed by atoms with van der Waals surface area (Å²) < 4.78 is 31.7. The molecule has 1 fully saturated rings. The Morgan fingerprint density at radius 1 is 1.11 bits per heavy atom. The molecule has 8 heteroatoms. The van der Waals surface area contributed by atoms with Crippen molar-refractivity contribution in [3.63, 3.8) is 0 Å². The number of esters is 1. The predicted molar refractivity (Wildman–Crippen MR) is 99.9 cm³/mol. The molecule has 1 aliphatic carbocycles. The van der Waals surface area contributed by atoms with Crippen LogP contribution in [0.2, 0.25) is 0 Å². The highest BCUT2D eigenvalue weighted by atomic mass is 32.2. The Morgan fingerprint density at radius 3 is 2.48 bits per heavy atom. The fraction of sp³-hybridized carbons (Fsp3) is 0.263. The van der Waals surface area contributed by atoms with Crippen molar-refractivity contribution in [2.45, 2.75) is 23.8 Å². The zero-order valence-electron chi connectivity index (χ0n) is 14.8. The minimum atomic E-state index is -3.84. The van der Waals surface area contributed by atoms with Gasteiger partial charge in [0.1, 0.15) is 0 Å². The quantitative estimate of drug-likeness (QED) is 0.732. The number of sulfonamides is 1. The first-order valence-electron chi connectivity index (χ1n) is 8.48. The molecule has 1 aliphatic rings. The molecule has 142 valence electrons. The third-order valence-corrected chi connectivity index (χ3v) is 5.91. The van der Waals surface area contributed by atoms with Crippen LogP contribution in [-0.4, -0.2) is 40.0 Å². The summed E-state index contributed by atoms with van der Waals surface area (Å²) in [6, 6.07) is 14.4. The zero-order valence-corrected chi connectivity index (χ0v) is 15.6. The Hall–Kier alpha value is -2.87. The predicted octanol–water partition coefficient (Wildman–Crippen LogP) is 1.95. The summed E-state index contributed by atoms with van der Waals surface area (Å²) in [6.45, 7) is -0.393. The number of hydrogen-bond acceptors (Lipinski definition) is 5. The molecule has 27 heavy (non-hydrogen) atoms. The molecule has 0 radical (unpaired) electrons. The van der Waals surface area contributed by atoms with Crippen molar-refractivity contribution in [1.29, 1.82) is 0 Å². The lowest BCUT2D eigenvalue weighted by molar-refractivity contribution is -0.124. The first kappa shape index (κ1) is 18.9. The smallest absolute Gasteiger partial charge is 0.338 e. The van der Waals surface area contributed by atoms with Crippen LogP contribution in [-0.2, 0) is 19.6 Å². The highest BCUT2D eigenvalue weighted by molar-refractivity contribution is 7.92. The Bertz CT molecular complexity index is 940. The van der Waals surface area contributed by atoms with Gasteiger partial charge in [-0.1, -0.05) is 24.3 Å². The number of ether oxygens (including phenoxy) is 1. The summed E-state index contributed by atoms with van der Waals surface area (Å²) >= 11 is 0. The molecule has 1 N–H and O–H groups in total. The van der Waals surface area contributed by atoms with Crippen molar-refractivity contribution in [2.24, 2.45) is 0 Å². The van der Waals surface area contributed by atoms with E-state index in [1.807, 2.05) is 0 Å². The van der Waals surface area contributed by atoms with Gasteiger partial charge in [0.05, 0.1) is 16.1 Å². The van der Waals surface area contributed by atoms with E-state index in [0.29, 0.717) is 5.69 Å². The molecule has 0 aromatic heterocycles. The highest BCUT2D eigenvalue weighted by Gasteiger charge is 2.25. The fourth-order valence-corrected chi connectivity index (χ4v) is 3.67. The normalized spacial score (nSPS) is 13.7. The summed E-state index contributed by atoms with van der Waals surface area (Å²) in [5.74, 6) is -1.11. The Labute approximate surface area is 158 Å². The van der Waals surface area contributed by atoms with Gasteiger partial charge in [-0.3, -0.25) is 9.10 Å². The molecule has 0 saturated heterocycles. The van der Waals surface area contributed by atoms with Crippen molar-refractivity contribution < 1.29 is 22.7 Å². The largest absolute Gasteiger partial charge is 0.452 e. The molecule has 0 atom stereocenters. The summed E-state index contributed by atoms with van der Waals surface area (Å²) in [4.78, 5) is 23.7. The first-order valence-corrected chi connectivity index (χ1v) is 9.92. The van der Waals surface area contributed by atoms with E-state index in [0.717, 1.165) is 17.1 Å². The lowest BCUT2D eigenvalue weighted by Crippen LogP contribution is -2.30. The number of anilines is 1. The maximum Gasteiger partial charge on any atom is 0.338 e. The van der Waals surface area contributed by atoms with Gasteiger partial charge < -0.3 is 10.1 Å². The molecular weight excluding hydrogens is 368 g/mol. The number of nitrogens with zero attached hydrogens (tertiary/aromatic N) is 1. The monoisotopic (exact) mass is 388 g/mol. The summed E-state index contributed by atoms with van der Waals surface area (Å²) in [5.41, 5.74) is 0.569. The van der Waals surface area contributed by atoms with Crippen molar-refractivity contribution in [1.82, 2.24) is 5.32 Å². The van der Waals surface area contributed by atoms with Crippen LogP contribution >= 0.6 is 0 Å². The van der Waals surface area contributed by atoms with Gasteiger partial charge in [0.25, 0.3) is 15.9 Å². The Morgan fingerprint density at radius 2 is 1.81 bits per heavy atom. The number of rotatable bonds is 7. The van der Waals surface area contributed by atoms with Gasteiger partial charge >= 0.3 is 5.97 Å². The Kier molecular flexibility index (Phi) is 5.46. The molecule has 0 unspecified atom stereocenters. The van der Waals surface area contributed by atoms with Gasteiger partial charge in [-0.05, 0) is 43.2 Å². The van der Waals surface area contributed by atoms with Crippen LogP contribution in [0.1, 0.15) is 23.2 Å². The molecule has 1 amide bonds. The van der Waals surface area contributed by atoms with Crippen molar-refractivity contribution in [2.75, 3.05) is 18.0 Å². The van der Waals surface area contributed by atoms with Gasteiger partial charge in [0.2, 0.25) is 0 Å². The van der Waals surface area contributed by atoms with E-state index in [1.165, 1.54) is 31.3 Å². The summed E-state index contributed by atoms with van der Waals surface area (Å²) in [7, 11) is -2.40. The topological polar surface area (TPSA) is 92.8 Å². The maximum atomic E-state index is 12.8. The minimum Gasteiger partial charge on any atom is -0.452 e.